The van der Waals surface area contributed by atoms with Gasteiger partial charge in [-0.3, -0.25) is 5.10 Å². The molecule has 0 aliphatic heterocycles. The molecule has 0 unspecified atom stereocenters. The zero-order valence-corrected chi connectivity index (χ0v) is 11.9. The van der Waals surface area contributed by atoms with Crippen molar-refractivity contribution in [2.24, 2.45) is 0 Å². The van der Waals surface area contributed by atoms with Crippen LogP contribution < -0.4 is 0 Å². The Morgan fingerprint density at radius 2 is 2.29 bits per heavy atom. The third-order valence-corrected chi connectivity index (χ3v) is 3.70. The number of rotatable bonds is 4. The first-order valence-corrected chi connectivity index (χ1v) is 6.93. The summed E-state index contributed by atoms with van der Waals surface area (Å²) in [6.07, 6.45) is 0.901. The molecule has 0 radical (unpaired) electrons. The highest BCUT2D eigenvalue weighted by atomic mass is 32.1. The second-order valence-corrected chi connectivity index (χ2v) is 5.75. The van der Waals surface area contributed by atoms with Crippen LogP contribution in [0.4, 0.5) is 0 Å². The van der Waals surface area contributed by atoms with Crippen LogP contribution in [0.2, 0.25) is 0 Å². The molecule has 0 bridgehead atoms. The Balaban J connectivity index is 2.13. The highest BCUT2D eigenvalue weighted by Gasteiger charge is 2.10. The van der Waals surface area contributed by atoms with Gasteiger partial charge in [0.05, 0.1) is 10.7 Å². The fourth-order valence-corrected chi connectivity index (χ4v) is 2.61. The molecule has 2 aromatic heterocycles. The van der Waals surface area contributed by atoms with Gasteiger partial charge in [0.25, 0.3) is 0 Å². The molecule has 2 aromatic rings. The van der Waals surface area contributed by atoms with Gasteiger partial charge in [0.15, 0.2) is 4.77 Å². The largest absolute Gasteiger partial charge is 0.304 e. The zero-order valence-electron chi connectivity index (χ0n) is 10.2. The van der Waals surface area contributed by atoms with E-state index in [-0.39, 0.29) is 0 Å². The Morgan fingerprint density at radius 3 is 2.88 bits per heavy atom. The maximum absolute atomic E-state index is 5.24. The monoisotopic (exact) mass is 268 g/mol. The van der Waals surface area contributed by atoms with E-state index in [0.717, 1.165) is 29.5 Å². The lowest BCUT2D eigenvalue weighted by Crippen LogP contribution is -2.08. The molecule has 92 valence electrons. The molecule has 0 fully saturated rings. The molecule has 2 rings (SSSR count). The summed E-state index contributed by atoms with van der Waals surface area (Å²) >= 11 is 6.93. The Kier molecular flexibility index (Phi) is 3.73. The van der Waals surface area contributed by atoms with Gasteiger partial charge in [-0.05, 0) is 19.1 Å². The average Bonchev–Trinajstić information content (AvgIpc) is 2.82. The number of hydrogen-bond acceptors (Lipinski definition) is 4. The van der Waals surface area contributed by atoms with Crippen molar-refractivity contribution in [2.75, 3.05) is 0 Å². The van der Waals surface area contributed by atoms with Crippen molar-refractivity contribution in [3.05, 3.63) is 26.7 Å². The third-order valence-electron chi connectivity index (χ3n) is 2.56. The Morgan fingerprint density at radius 1 is 1.53 bits per heavy atom. The van der Waals surface area contributed by atoms with Gasteiger partial charge in [0.1, 0.15) is 5.82 Å². The molecule has 0 aliphatic carbocycles. The SMILES string of the molecule is Cc1nc(CCn2c(C(C)C)n[nH]c2=S)cs1. The van der Waals surface area contributed by atoms with E-state index in [2.05, 4.69) is 39.0 Å². The summed E-state index contributed by atoms with van der Waals surface area (Å²) in [6.45, 7) is 7.10. The van der Waals surface area contributed by atoms with E-state index in [0.29, 0.717) is 10.7 Å². The van der Waals surface area contributed by atoms with Crippen molar-refractivity contribution in [1.29, 1.82) is 0 Å². The van der Waals surface area contributed by atoms with Crippen molar-refractivity contribution in [3.8, 4) is 0 Å². The second-order valence-electron chi connectivity index (χ2n) is 4.30. The fraction of sp³-hybridized carbons (Fsp3) is 0.545. The topological polar surface area (TPSA) is 46.5 Å². The van der Waals surface area contributed by atoms with Crippen LogP contribution in [-0.4, -0.2) is 19.7 Å². The first-order valence-electron chi connectivity index (χ1n) is 5.64. The molecule has 4 nitrogen and oxygen atoms in total. The minimum Gasteiger partial charge on any atom is -0.304 e. The highest BCUT2D eigenvalue weighted by molar-refractivity contribution is 7.71. The molecule has 0 saturated carbocycles. The predicted octanol–water partition coefficient (Wildman–Crippen LogP) is 3.07. The first-order chi connectivity index (χ1) is 8.08. The van der Waals surface area contributed by atoms with Crippen LogP contribution in [0.1, 0.15) is 36.3 Å². The lowest BCUT2D eigenvalue weighted by Gasteiger charge is -2.07. The fourth-order valence-electron chi connectivity index (χ4n) is 1.74. The van der Waals surface area contributed by atoms with E-state index < -0.39 is 0 Å². The Hall–Kier alpha value is -1.01. The molecule has 0 amide bonds. The van der Waals surface area contributed by atoms with E-state index in [9.17, 15) is 0 Å². The standard InChI is InChI=1S/C11H16N4S2/c1-7(2)10-13-14-11(16)15(10)5-4-9-6-17-8(3)12-9/h6-7H,4-5H2,1-3H3,(H,14,16). The van der Waals surface area contributed by atoms with Gasteiger partial charge >= 0.3 is 0 Å². The van der Waals surface area contributed by atoms with Crippen LogP contribution in [0, 0.1) is 11.7 Å². The molecule has 6 heteroatoms. The van der Waals surface area contributed by atoms with Gasteiger partial charge in [-0.2, -0.15) is 5.10 Å². The van der Waals surface area contributed by atoms with Gasteiger partial charge in [-0.1, -0.05) is 13.8 Å². The maximum atomic E-state index is 5.24. The minimum atomic E-state index is 0.375. The van der Waals surface area contributed by atoms with Crippen molar-refractivity contribution >= 4 is 23.6 Å². The Labute approximate surface area is 110 Å². The maximum Gasteiger partial charge on any atom is 0.195 e. The van der Waals surface area contributed by atoms with Crippen LogP contribution in [0.5, 0.6) is 0 Å². The summed E-state index contributed by atoms with van der Waals surface area (Å²) in [5.41, 5.74) is 1.13. The summed E-state index contributed by atoms with van der Waals surface area (Å²) in [5.74, 6) is 1.39. The van der Waals surface area contributed by atoms with Crippen LogP contribution >= 0.6 is 23.6 Å². The number of nitrogens with zero attached hydrogens (tertiary/aromatic N) is 3. The molecule has 2 heterocycles. The number of nitrogens with one attached hydrogen (secondary N) is 1. The lowest BCUT2D eigenvalue weighted by atomic mass is 10.2. The van der Waals surface area contributed by atoms with Crippen LogP contribution in [-0.2, 0) is 13.0 Å². The van der Waals surface area contributed by atoms with Gasteiger partial charge < -0.3 is 4.57 Å². The molecular formula is C11H16N4S2. The van der Waals surface area contributed by atoms with E-state index in [1.165, 1.54) is 0 Å². The molecular weight excluding hydrogens is 252 g/mol. The molecule has 1 N–H and O–H groups in total. The van der Waals surface area contributed by atoms with Crippen molar-refractivity contribution in [3.63, 3.8) is 0 Å². The number of aryl methyl sites for hydroxylation is 2. The molecule has 0 spiro atoms. The van der Waals surface area contributed by atoms with Crippen LogP contribution in [0.3, 0.4) is 0 Å². The number of aromatic nitrogens is 4. The lowest BCUT2D eigenvalue weighted by molar-refractivity contribution is 0.610. The summed E-state index contributed by atoms with van der Waals surface area (Å²) in [5, 5.41) is 10.3. The number of hydrogen-bond donors (Lipinski definition) is 1. The van der Waals surface area contributed by atoms with Gasteiger partial charge in [-0.15, -0.1) is 11.3 Å². The van der Waals surface area contributed by atoms with Crippen LogP contribution in [0.25, 0.3) is 0 Å². The van der Waals surface area contributed by atoms with Crippen molar-refractivity contribution < 1.29 is 0 Å². The van der Waals surface area contributed by atoms with E-state index in [4.69, 9.17) is 12.2 Å². The minimum absolute atomic E-state index is 0.375. The van der Waals surface area contributed by atoms with E-state index >= 15 is 0 Å². The summed E-state index contributed by atoms with van der Waals surface area (Å²) < 4.78 is 2.76. The van der Waals surface area contributed by atoms with Crippen molar-refractivity contribution in [2.45, 2.75) is 39.7 Å². The summed E-state index contributed by atoms with van der Waals surface area (Å²) in [7, 11) is 0. The Bertz CT molecular complexity index is 550. The van der Waals surface area contributed by atoms with Gasteiger partial charge in [0.2, 0.25) is 0 Å². The molecule has 17 heavy (non-hydrogen) atoms. The molecule has 0 aliphatic rings. The molecule has 0 saturated heterocycles. The van der Waals surface area contributed by atoms with E-state index in [1.54, 1.807) is 11.3 Å². The van der Waals surface area contributed by atoms with Crippen molar-refractivity contribution in [1.82, 2.24) is 19.7 Å². The average molecular weight is 268 g/mol. The third kappa shape index (κ3) is 2.81. The summed E-state index contributed by atoms with van der Waals surface area (Å²) in [4.78, 5) is 4.45. The molecule has 0 atom stereocenters. The predicted molar refractivity (Wildman–Crippen MR) is 72.1 cm³/mol. The smallest absolute Gasteiger partial charge is 0.195 e. The second kappa shape index (κ2) is 5.10. The summed E-state index contributed by atoms with van der Waals surface area (Å²) in [6, 6.07) is 0. The number of H-pyrrole nitrogens is 1. The quantitative estimate of drug-likeness (QED) is 0.867. The normalized spacial score (nSPS) is 11.3. The van der Waals surface area contributed by atoms with E-state index in [1.807, 2.05) is 6.92 Å². The molecule has 0 aromatic carbocycles. The zero-order chi connectivity index (χ0) is 12.4. The van der Waals surface area contributed by atoms with Crippen LogP contribution in [0.15, 0.2) is 5.38 Å². The highest BCUT2D eigenvalue weighted by Crippen LogP contribution is 2.14. The number of aromatic amines is 1. The van der Waals surface area contributed by atoms with Gasteiger partial charge in [0, 0.05) is 24.3 Å². The number of thiazole rings is 1. The first kappa shape index (κ1) is 12.4. The van der Waals surface area contributed by atoms with Gasteiger partial charge in [-0.25, -0.2) is 4.98 Å².